The molecule has 0 aromatic carbocycles. The third-order valence-corrected chi connectivity index (χ3v) is 4.63. The van der Waals surface area contributed by atoms with Crippen molar-refractivity contribution in [2.45, 2.75) is 45.7 Å². The summed E-state index contributed by atoms with van der Waals surface area (Å²) in [6.07, 6.45) is 6.96. The number of anilines is 2. The minimum absolute atomic E-state index is 0.385. The summed E-state index contributed by atoms with van der Waals surface area (Å²) in [5.41, 5.74) is 0.749. The van der Waals surface area contributed by atoms with Gasteiger partial charge in [-0.1, -0.05) is 18.0 Å². The Labute approximate surface area is 152 Å². The highest BCUT2D eigenvalue weighted by Gasteiger charge is 2.27. The lowest BCUT2D eigenvalue weighted by atomic mass is 9.86. The summed E-state index contributed by atoms with van der Waals surface area (Å²) in [6.45, 7) is 13.4. The zero-order valence-corrected chi connectivity index (χ0v) is 15.3. The van der Waals surface area contributed by atoms with Crippen LogP contribution in [-0.4, -0.2) is 26.4 Å². The number of nitrogens with zero attached hydrogens (tertiary/aromatic N) is 5. The van der Waals surface area contributed by atoms with E-state index in [0.717, 1.165) is 11.4 Å². The van der Waals surface area contributed by atoms with Crippen LogP contribution < -0.4 is 10.1 Å². The Kier molecular flexibility index (Phi) is 4.82. The van der Waals surface area contributed by atoms with Crippen LogP contribution in [0.25, 0.3) is 4.85 Å². The van der Waals surface area contributed by atoms with Gasteiger partial charge >= 0.3 is 5.66 Å². The second kappa shape index (κ2) is 6.89. The molecule has 0 spiro atoms. The van der Waals surface area contributed by atoms with Gasteiger partial charge in [-0.3, -0.25) is 4.85 Å². The normalized spacial score (nSPS) is 14.7. The number of aryl methyl sites for hydroxylation is 1. The molecule has 1 aliphatic rings. The van der Waals surface area contributed by atoms with E-state index in [0.29, 0.717) is 29.4 Å². The number of hydrogen-bond donors (Lipinski definition) is 1. The Morgan fingerprint density at radius 3 is 2.88 bits per heavy atom. The molecule has 0 saturated heterocycles. The maximum absolute atomic E-state index is 7.28. The van der Waals surface area contributed by atoms with Gasteiger partial charge in [0.2, 0.25) is 11.8 Å². The molecule has 7 nitrogen and oxygen atoms in total. The van der Waals surface area contributed by atoms with Crippen LogP contribution in [0.4, 0.5) is 11.6 Å². The van der Waals surface area contributed by atoms with E-state index in [1.165, 1.54) is 25.5 Å². The Bertz CT molecular complexity index is 806. The number of hydrogen-bond acceptors (Lipinski definition) is 5. The van der Waals surface area contributed by atoms with Crippen molar-refractivity contribution in [1.29, 1.82) is 0 Å². The van der Waals surface area contributed by atoms with E-state index in [-0.39, 0.29) is 0 Å². The summed E-state index contributed by atoms with van der Waals surface area (Å²) in [6, 6.07) is 0. The van der Waals surface area contributed by atoms with Crippen LogP contribution in [0.5, 0.6) is 5.88 Å². The fourth-order valence-corrected chi connectivity index (χ4v) is 2.55. The van der Waals surface area contributed by atoms with Gasteiger partial charge in [-0.15, -0.1) is 0 Å². The molecular formula is C17H21ClN6O. The van der Waals surface area contributed by atoms with Crippen molar-refractivity contribution in [3.05, 3.63) is 34.5 Å². The van der Waals surface area contributed by atoms with Crippen LogP contribution in [0, 0.1) is 19.4 Å². The number of rotatable bonds is 6. The fourth-order valence-electron chi connectivity index (χ4n) is 2.40. The lowest BCUT2D eigenvalue weighted by molar-refractivity contribution is 0.176. The summed E-state index contributed by atoms with van der Waals surface area (Å²) in [7, 11) is 0. The summed E-state index contributed by atoms with van der Waals surface area (Å²) in [5, 5.41) is 7.91. The zero-order chi connectivity index (χ0) is 18.0. The van der Waals surface area contributed by atoms with E-state index in [1.54, 1.807) is 24.7 Å². The summed E-state index contributed by atoms with van der Waals surface area (Å²) in [4.78, 5) is 12.1. The molecule has 1 aliphatic carbocycles. The second-order valence-electron chi connectivity index (χ2n) is 6.76. The molecule has 0 atom stereocenters. The number of nitrogens with one attached hydrogen (secondary N) is 1. The summed E-state index contributed by atoms with van der Waals surface area (Å²) in [5.74, 6) is 1.37. The van der Waals surface area contributed by atoms with Crippen LogP contribution in [0.3, 0.4) is 0 Å². The van der Waals surface area contributed by atoms with E-state index in [9.17, 15) is 0 Å². The van der Waals surface area contributed by atoms with Gasteiger partial charge < -0.3 is 10.1 Å². The molecule has 1 N–H and O–H groups in total. The number of aromatic nitrogens is 4. The van der Waals surface area contributed by atoms with Gasteiger partial charge in [-0.2, -0.15) is 14.8 Å². The molecule has 2 aromatic rings. The largest absolute Gasteiger partial charge is 0.476 e. The topological polar surface area (TPSA) is 69.2 Å². The van der Waals surface area contributed by atoms with Crippen molar-refractivity contribution in [2.24, 2.45) is 5.92 Å². The Morgan fingerprint density at radius 1 is 1.48 bits per heavy atom. The van der Waals surface area contributed by atoms with Gasteiger partial charge in [0.25, 0.3) is 0 Å². The van der Waals surface area contributed by atoms with E-state index >= 15 is 0 Å². The van der Waals surface area contributed by atoms with Crippen molar-refractivity contribution in [3.63, 3.8) is 0 Å². The average Bonchev–Trinajstić information content (AvgIpc) is 2.90. The minimum Gasteiger partial charge on any atom is -0.476 e. The Hall–Kier alpha value is -2.33. The third kappa shape index (κ3) is 3.85. The molecule has 8 heteroatoms. The first-order chi connectivity index (χ1) is 11.9. The van der Waals surface area contributed by atoms with Crippen LogP contribution in [0.1, 0.15) is 38.8 Å². The highest BCUT2D eigenvalue weighted by atomic mass is 35.5. The Balaban J connectivity index is 1.75. The van der Waals surface area contributed by atoms with Crippen molar-refractivity contribution in [3.8, 4) is 5.88 Å². The van der Waals surface area contributed by atoms with Crippen molar-refractivity contribution >= 4 is 23.2 Å². The van der Waals surface area contributed by atoms with Crippen LogP contribution >= 0.6 is 11.6 Å². The molecule has 0 amide bonds. The highest BCUT2D eigenvalue weighted by molar-refractivity contribution is 6.31. The zero-order valence-electron chi connectivity index (χ0n) is 14.6. The fraction of sp³-hybridized carbons (Fsp3) is 0.529. The summed E-state index contributed by atoms with van der Waals surface area (Å²) < 4.78 is 7.37. The molecule has 0 radical (unpaired) electrons. The first-order valence-electron chi connectivity index (χ1n) is 8.27. The molecule has 25 heavy (non-hydrogen) atoms. The van der Waals surface area contributed by atoms with Gasteiger partial charge in [0.1, 0.15) is 5.02 Å². The second-order valence-corrected chi connectivity index (χ2v) is 7.17. The van der Waals surface area contributed by atoms with Crippen LogP contribution in [-0.2, 0) is 5.66 Å². The molecule has 0 aliphatic heterocycles. The van der Waals surface area contributed by atoms with E-state index in [4.69, 9.17) is 22.9 Å². The molecule has 132 valence electrons. The van der Waals surface area contributed by atoms with Gasteiger partial charge in [0.05, 0.1) is 30.4 Å². The maximum Gasteiger partial charge on any atom is 0.319 e. The predicted molar refractivity (Wildman–Crippen MR) is 96.0 cm³/mol. The van der Waals surface area contributed by atoms with Gasteiger partial charge in [0, 0.05) is 13.8 Å². The molecule has 1 fully saturated rings. The predicted octanol–water partition coefficient (Wildman–Crippen LogP) is 4.17. The quantitative estimate of drug-likeness (QED) is 0.783. The van der Waals surface area contributed by atoms with Gasteiger partial charge in [-0.25, -0.2) is 11.6 Å². The number of ether oxygens (including phenoxy) is 1. The molecule has 2 aromatic heterocycles. The van der Waals surface area contributed by atoms with E-state index < -0.39 is 5.66 Å². The van der Waals surface area contributed by atoms with E-state index in [2.05, 4.69) is 25.2 Å². The lowest BCUT2D eigenvalue weighted by Gasteiger charge is -2.24. The molecule has 0 bridgehead atoms. The highest BCUT2D eigenvalue weighted by Crippen LogP contribution is 2.30. The van der Waals surface area contributed by atoms with Gasteiger partial charge in [-0.05, 0) is 25.7 Å². The average molecular weight is 361 g/mol. The van der Waals surface area contributed by atoms with Crippen molar-refractivity contribution < 1.29 is 4.74 Å². The summed E-state index contributed by atoms with van der Waals surface area (Å²) >= 11 is 6.13. The van der Waals surface area contributed by atoms with Crippen molar-refractivity contribution in [1.82, 2.24) is 19.7 Å². The molecule has 3 rings (SSSR count). The monoisotopic (exact) mass is 360 g/mol. The Morgan fingerprint density at radius 2 is 2.24 bits per heavy atom. The molecule has 1 saturated carbocycles. The smallest absolute Gasteiger partial charge is 0.319 e. The first-order valence-corrected chi connectivity index (χ1v) is 8.64. The lowest BCUT2D eigenvalue weighted by Crippen LogP contribution is -2.22. The minimum atomic E-state index is -0.747. The number of halogens is 1. The van der Waals surface area contributed by atoms with E-state index in [1.807, 2.05) is 6.92 Å². The van der Waals surface area contributed by atoms with Gasteiger partial charge in [0.15, 0.2) is 0 Å². The van der Waals surface area contributed by atoms with Crippen molar-refractivity contribution in [2.75, 3.05) is 11.9 Å². The van der Waals surface area contributed by atoms with Crippen LogP contribution in [0.2, 0.25) is 5.02 Å². The molecule has 0 unspecified atom stereocenters. The SMILES string of the molecule is [C-]#[N+]C(C)(C)n1cc(Nc2ncc(Cl)c(OCC3CCC3)n2)c(C)n1. The maximum atomic E-state index is 7.28. The third-order valence-electron chi connectivity index (χ3n) is 4.37. The standard InChI is InChI=1S/C17H21ClN6O/c1-11-14(9-24(23-11)17(2,3)19-4)21-16-20-8-13(18)15(22-16)25-10-12-6-5-7-12/h8-9,12H,5-7,10H2,1-3H3,(H,20,21,22). The molecular weight excluding hydrogens is 340 g/mol. The molecule has 2 heterocycles. The van der Waals surface area contributed by atoms with Crippen LogP contribution in [0.15, 0.2) is 12.4 Å². The first kappa shape index (κ1) is 17.5.